The lowest BCUT2D eigenvalue weighted by molar-refractivity contribution is 0.187. The van der Waals surface area contributed by atoms with Gasteiger partial charge >= 0.3 is 0 Å². The van der Waals surface area contributed by atoms with Gasteiger partial charge in [0.05, 0.1) is 12.6 Å². The Morgan fingerprint density at radius 1 is 1.32 bits per heavy atom. The summed E-state index contributed by atoms with van der Waals surface area (Å²) in [4.78, 5) is 4.49. The Morgan fingerprint density at radius 2 is 1.95 bits per heavy atom. The third-order valence-corrected chi connectivity index (χ3v) is 3.97. The largest absolute Gasteiger partial charge is 0.386 e. The molecule has 0 radical (unpaired) electrons. The van der Waals surface area contributed by atoms with Crippen molar-refractivity contribution in [3.05, 3.63) is 34.9 Å². The average Bonchev–Trinajstić information content (AvgIpc) is 2.98. The van der Waals surface area contributed by atoms with Gasteiger partial charge in [-0.15, -0.1) is 24.0 Å². The van der Waals surface area contributed by atoms with Gasteiger partial charge in [-0.2, -0.15) is 0 Å². The van der Waals surface area contributed by atoms with Crippen molar-refractivity contribution in [2.24, 2.45) is 4.99 Å². The Labute approximate surface area is 154 Å². The second-order valence-electron chi connectivity index (χ2n) is 5.41. The molecule has 1 unspecified atom stereocenters. The van der Waals surface area contributed by atoms with Crippen LogP contribution in [0.4, 0.5) is 0 Å². The molecule has 0 bridgehead atoms. The predicted molar refractivity (Wildman–Crippen MR) is 103 cm³/mol. The van der Waals surface area contributed by atoms with Crippen LogP contribution in [0.25, 0.3) is 0 Å². The molecule has 0 heterocycles. The zero-order chi connectivity index (χ0) is 15.1. The fourth-order valence-corrected chi connectivity index (χ4v) is 2.68. The SMILES string of the molecule is CCNC(=NCC(O)c1ccc(Cl)cc1)NC1CCCC1.I. The van der Waals surface area contributed by atoms with Crippen LogP contribution in [0, 0.1) is 0 Å². The number of nitrogens with zero attached hydrogens (tertiary/aromatic N) is 1. The molecule has 1 atom stereocenters. The van der Waals surface area contributed by atoms with E-state index in [0.29, 0.717) is 17.6 Å². The van der Waals surface area contributed by atoms with Crippen LogP contribution in [0.5, 0.6) is 0 Å². The third kappa shape index (κ3) is 6.30. The molecule has 0 aromatic heterocycles. The number of aliphatic hydroxyl groups is 1. The molecular weight excluding hydrogens is 413 g/mol. The smallest absolute Gasteiger partial charge is 0.191 e. The molecule has 6 heteroatoms. The highest BCUT2D eigenvalue weighted by molar-refractivity contribution is 14.0. The first-order valence-electron chi connectivity index (χ1n) is 7.67. The molecule has 22 heavy (non-hydrogen) atoms. The molecule has 0 spiro atoms. The van der Waals surface area contributed by atoms with Gasteiger partial charge in [0, 0.05) is 17.6 Å². The fraction of sp³-hybridized carbons (Fsp3) is 0.562. The summed E-state index contributed by atoms with van der Waals surface area (Å²) in [5, 5.41) is 17.5. The van der Waals surface area contributed by atoms with Crippen LogP contribution in [0.1, 0.15) is 44.3 Å². The van der Waals surface area contributed by atoms with E-state index in [4.69, 9.17) is 11.6 Å². The lowest BCUT2D eigenvalue weighted by Gasteiger charge is -2.17. The van der Waals surface area contributed by atoms with Crippen molar-refractivity contribution in [2.45, 2.75) is 44.8 Å². The van der Waals surface area contributed by atoms with Crippen LogP contribution < -0.4 is 10.6 Å². The van der Waals surface area contributed by atoms with E-state index in [0.717, 1.165) is 18.1 Å². The minimum Gasteiger partial charge on any atom is -0.386 e. The lowest BCUT2D eigenvalue weighted by atomic mass is 10.1. The van der Waals surface area contributed by atoms with E-state index in [1.807, 2.05) is 19.1 Å². The first kappa shape index (κ1) is 19.5. The van der Waals surface area contributed by atoms with E-state index in [1.165, 1.54) is 25.7 Å². The van der Waals surface area contributed by atoms with Gasteiger partial charge in [0.25, 0.3) is 0 Å². The van der Waals surface area contributed by atoms with Crippen LogP contribution in [0.15, 0.2) is 29.3 Å². The number of benzene rings is 1. The van der Waals surface area contributed by atoms with Crippen LogP contribution in [-0.4, -0.2) is 30.2 Å². The summed E-state index contributed by atoms with van der Waals surface area (Å²) in [6.45, 7) is 3.20. The predicted octanol–water partition coefficient (Wildman–Crippen LogP) is 3.49. The summed E-state index contributed by atoms with van der Waals surface area (Å²) in [7, 11) is 0. The van der Waals surface area contributed by atoms with Crippen LogP contribution in [0.2, 0.25) is 5.02 Å². The molecule has 4 nitrogen and oxygen atoms in total. The maximum Gasteiger partial charge on any atom is 0.191 e. The van der Waals surface area contributed by atoms with E-state index in [1.54, 1.807) is 12.1 Å². The monoisotopic (exact) mass is 437 g/mol. The maximum absolute atomic E-state index is 10.2. The van der Waals surface area contributed by atoms with Gasteiger partial charge in [-0.25, -0.2) is 0 Å². The number of rotatable bonds is 5. The van der Waals surface area contributed by atoms with Crippen LogP contribution in [-0.2, 0) is 0 Å². The number of nitrogens with one attached hydrogen (secondary N) is 2. The molecule has 1 aliphatic carbocycles. The van der Waals surface area contributed by atoms with Crippen molar-refractivity contribution < 1.29 is 5.11 Å². The van der Waals surface area contributed by atoms with Crippen LogP contribution >= 0.6 is 35.6 Å². The molecule has 1 aromatic rings. The van der Waals surface area contributed by atoms with Crippen molar-refractivity contribution in [1.82, 2.24) is 10.6 Å². The maximum atomic E-state index is 10.2. The Hall–Kier alpha value is -0.530. The Kier molecular flexibility index (Phi) is 9.12. The number of aliphatic hydroxyl groups excluding tert-OH is 1. The summed E-state index contributed by atoms with van der Waals surface area (Å²) in [5.41, 5.74) is 0.833. The number of hydrogen-bond donors (Lipinski definition) is 3. The van der Waals surface area contributed by atoms with Gasteiger partial charge in [-0.05, 0) is 37.5 Å². The standard InChI is InChI=1S/C16H24ClN3O.HI/c1-2-18-16(20-14-5-3-4-6-14)19-11-15(21)12-7-9-13(17)10-8-12;/h7-10,14-15,21H,2-6,11H2,1H3,(H2,18,19,20);1H. The number of aliphatic imine (C=N–C) groups is 1. The van der Waals surface area contributed by atoms with Crippen molar-refractivity contribution in [1.29, 1.82) is 0 Å². The summed E-state index contributed by atoms with van der Waals surface area (Å²) in [6, 6.07) is 7.74. The Morgan fingerprint density at radius 3 is 2.55 bits per heavy atom. The second-order valence-corrected chi connectivity index (χ2v) is 5.85. The highest BCUT2D eigenvalue weighted by Crippen LogP contribution is 2.18. The molecule has 1 saturated carbocycles. The zero-order valence-electron chi connectivity index (χ0n) is 12.9. The summed E-state index contributed by atoms with van der Waals surface area (Å²) in [5.74, 6) is 0.789. The first-order chi connectivity index (χ1) is 10.2. The van der Waals surface area contributed by atoms with Crippen molar-refractivity contribution in [2.75, 3.05) is 13.1 Å². The zero-order valence-corrected chi connectivity index (χ0v) is 16.0. The summed E-state index contributed by atoms with van der Waals surface area (Å²) in [6.07, 6.45) is 4.35. The molecule has 124 valence electrons. The fourth-order valence-electron chi connectivity index (χ4n) is 2.55. The Balaban J connectivity index is 0.00000242. The molecule has 3 N–H and O–H groups in total. The van der Waals surface area contributed by atoms with Crippen LogP contribution in [0.3, 0.4) is 0 Å². The van der Waals surface area contributed by atoms with Gasteiger partial charge in [0.1, 0.15) is 0 Å². The number of guanidine groups is 1. The summed E-state index contributed by atoms with van der Waals surface area (Å²) < 4.78 is 0. The van der Waals surface area contributed by atoms with Crippen molar-refractivity contribution in [3.63, 3.8) is 0 Å². The molecule has 1 aliphatic rings. The molecule has 0 aliphatic heterocycles. The van der Waals surface area contributed by atoms with E-state index in [2.05, 4.69) is 15.6 Å². The van der Waals surface area contributed by atoms with Gasteiger partial charge < -0.3 is 15.7 Å². The average molecular weight is 438 g/mol. The van der Waals surface area contributed by atoms with Gasteiger partial charge in [0.2, 0.25) is 0 Å². The second kappa shape index (κ2) is 10.3. The van der Waals surface area contributed by atoms with E-state index in [9.17, 15) is 5.11 Å². The third-order valence-electron chi connectivity index (χ3n) is 3.72. The quantitative estimate of drug-likeness (QED) is 0.375. The molecular formula is C16H25ClIN3O. The summed E-state index contributed by atoms with van der Waals surface area (Å²) >= 11 is 5.85. The van der Waals surface area contributed by atoms with E-state index >= 15 is 0 Å². The molecule has 2 rings (SSSR count). The molecule has 1 aromatic carbocycles. The minimum absolute atomic E-state index is 0. The molecule has 1 fully saturated rings. The van der Waals surface area contributed by atoms with Gasteiger partial charge in [-0.3, -0.25) is 4.99 Å². The molecule has 0 amide bonds. The van der Waals surface area contributed by atoms with Gasteiger partial charge in [0.15, 0.2) is 5.96 Å². The highest BCUT2D eigenvalue weighted by atomic mass is 127. The highest BCUT2D eigenvalue weighted by Gasteiger charge is 2.16. The first-order valence-corrected chi connectivity index (χ1v) is 8.05. The molecule has 0 saturated heterocycles. The number of halogens is 2. The van der Waals surface area contributed by atoms with Gasteiger partial charge in [-0.1, -0.05) is 36.6 Å². The number of hydrogen-bond acceptors (Lipinski definition) is 2. The topological polar surface area (TPSA) is 56.7 Å². The minimum atomic E-state index is -0.610. The normalized spacial score (nSPS) is 17.0. The van der Waals surface area contributed by atoms with Crippen molar-refractivity contribution in [3.8, 4) is 0 Å². The van der Waals surface area contributed by atoms with Crippen molar-refractivity contribution >= 4 is 41.5 Å². The van der Waals surface area contributed by atoms with E-state index in [-0.39, 0.29) is 24.0 Å². The Bertz CT molecular complexity index is 461. The lowest BCUT2D eigenvalue weighted by Crippen LogP contribution is -2.42. The van der Waals surface area contributed by atoms with E-state index < -0.39 is 6.10 Å².